The lowest BCUT2D eigenvalue weighted by molar-refractivity contribution is 0.885. The van der Waals surface area contributed by atoms with E-state index in [1.54, 1.807) is 11.3 Å². The molecule has 2 rings (SSSR count). The molecule has 2 N–H and O–H groups in total. The van der Waals surface area contributed by atoms with Gasteiger partial charge in [0, 0.05) is 22.3 Å². The maximum Gasteiger partial charge on any atom is 0.123 e. The number of anilines is 1. The molecule has 0 aliphatic heterocycles. The molecule has 0 spiro atoms. The molecule has 1 heterocycles. The van der Waals surface area contributed by atoms with Crippen LogP contribution in [0.25, 0.3) is 10.6 Å². The number of hydrogen-bond acceptors (Lipinski definition) is 3. The Labute approximate surface area is 93.8 Å². The van der Waals surface area contributed by atoms with Gasteiger partial charge in [-0.05, 0) is 18.1 Å². The number of hydrogen-bond donors (Lipinski definition) is 1. The fourth-order valence-corrected chi connectivity index (χ4v) is 2.27. The first-order valence-corrected chi connectivity index (χ1v) is 5.80. The van der Waals surface area contributed by atoms with Crippen molar-refractivity contribution in [1.82, 2.24) is 4.98 Å². The first-order valence-electron chi connectivity index (χ1n) is 4.98. The van der Waals surface area contributed by atoms with Crippen LogP contribution in [0, 0.1) is 0 Å². The second-order valence-corrected chi connectivity index (χ2v) is 4.91. The summed E-state index contributed by atoms with van der Waals surface area (Å²) >= 11 is 1.74. The highest BCUT2D eigenvalue weighted by Crippen LogP contribution is 2.29. The molecular formula is C12H14N2S. The van der Waals surface area contributed by atoms with Crippen molar-refractivity contribution in [2.45, 2.75) is 19.8 Å². The average Bonchev–Trinajstić information content (AvgIpc) is 2.66. The summed E-state index contributed by atoms with van der Waals surface area (Å²) in [5, 5.41) is 1.05. The molecule has 2 nitrogen and oxygen atoms in total. The van der Waals surface area contributed by atoms with Gasteiger partial charge in [-0.1, -0.05) is 26.0 Å². The molecule has 78 valence electrons. The van der Waals surface area contributed by atoms with Crippen molar-refractivity contribution in [3.05, 3.63) is 35.3 Å². The van der Waals surface area contributed by atoms with Gasteiger partial charge >= 0.3 is 0 Å². The van der Waals surface area contributed by atoms with Crippen LogP contribution in [-0.4, -0.2) is 4.98 Å². The Morgan fingerprint density at radius 3 is 2.73 bits per heavy atom. The molecule has 2 aromatic rings. The van der Waals surface area contributed by atoms with Crippen molar-refractivity contribution in [2.75, 3.05) is 5.73 Å². The predicted octanol–water partition coefficient (Wildman–Crippen LogP) is 3.52. The minimum Gasteiger partial charge on any atom is -0.399 e. The fraction of sp³-hybridized carbons (Fsp3) is 0.250. The zero-order chi connectivity index (χ0) is 10.8. The molecule has 15 heavy (non-hydrogen) atoms. The fourth-order valence-electron chi connectivity index (χ4n) is 1.36. The van der Waals surface area contributed by atoms with Crippen LogP contribution in [0.3, 0.4) is 0 Å². The summed E-state index contributed by atoms with van der Waals surface area (Å²) in [4.78, 5) is 5.72. The van der Waals surface area contributed by atoms with E-state index in [9.17, 15) is 0 Å². The topological polar surface area (TPSA) is 38.9 Å². The van der Waals surface area contributed by atoms with Gasteiger partial charge < -0.3 is 5.73 Å². The van der Waals surface area contributed by atoms with E-state index in [4.69, 9.17) is 5.73 Å². The molecule has 0 fully saturated rings. The zero-order valence-electron chi connectivity index (χ0n) is 8.90. The summed E-state index contributed by atoms with van der Waals surface area (Å²) in [6.07, 6.45) is 1.95. The molecule has 0 bridgehead atoms. The van der Waals surface area contributed by atoms with Gasteiger partial charge in [0.05, 0.1) is 0 Å². The Hall–Kier alpha value is -1.35. The minimum atomic E-state index is 0.539. The first kappa shape index (κ1) is 10.2. The predicted molar refractivity (Wildman–Crippen MR) is 66.1 cm³/mol. The SMILES string of the molecule is CC(C)c1cnc(-c2cccc(N)c2)s1. The van der Waals surface area contributed by atoms with Crippen LogP contribution < -0.4 is 5.73 Å². The zero-order valence-corrected chi connectivity index (χ0v) is 9.71. The summed E-state index contributed by atoms with van der Waals surface area (Å²) in [5.74, 6) is 0.539. The molecule has 3 heteroatoms. The van der Waals surface area contributed by atoms with Crippen LogP contribution in [0.1, 0.15) is 24.6 Å². The Morgan fingerprint density at radius 2 is 2.13 bits per heavy atom. The Morgan fingerprint density at radius 1 is 1.33 bits per heavy atom. The highest BCUT2D eigenvalue weighted by Gasteiger charge is 2.07. The van der Waals surface area contributed by atoms with Gasteiger partial charge in [-0.15, -0.1) is 11.3 Å². The maximum absolute atomic E-state index is 5.74. The average molecular weight is 218 g/mol. The quantitative estimate of drug-likeness (QED) is 0.783. The second kappa shape index (κ2) is 4.03. The molecule has 0 amide bonds. The van der Waals surface area contributed by atoms with Crippen molar-refractivity contribution in [3.8, 4) is 10.6 Å². The number of nitrogens with zero attached hydrogens (tertiary/aromatic N) is 1. The Bertz CT molecular complexity index is 460. The summed E-state index contributed by atoms with van der Waals surface area (Å²) in [5.41, 5.74) is 7.63. The normalized spacial score (nSPS) is 10.9. The molecule has 0 saturated carbocycles. The number of aromatic nitrogens is 1. The lowest BCUT2D eigenvalue weighted by atomic mass is 10.2. The molecule has 0 atom stereocenters. The lowest BCUT2D eigenvalue weighted by Crippen LogP contribution is -1.84. The van der Waals surface area contributed by atoms with Crippen LogP contribution in [-0.2, 0) is 0 Å². The van der Waals surface area contributed by atoms with Crippen LogP contribution in [0.4, 0.5) is 5.69 Å². The van der Waals surface area contributed by atoms with E-state index >= 15 is 0 Å². The number of rotatable bonds is 2. The van der Waals surface area contributed by atoms with Gasteiger partial charge in [-0.25, -0.2) is 4.98 Å². The van der Waals surface area contributed by atoms with E-state index in [1.165, 1.54) is 4.88 Å². The second-order valence-electron chi connectivity index (χ2n) is 3.85. The van der Waals surface area contributed by atoms with E-state index in [2.05, 4.69) is 18.8 Å². The van der Waals surface area contributed by atoms with E-state index < -0.39 is 0 Å². The largest absolute Gasteiger partial charge is 0.399 e. The van der Waals surface area contributed by atoms with Gasteiger partial charge in [0.1, 0.15) is 5.01 Å². The highest BCUT2D eigenvalue weighted by atomic mass is 32.1. The third-order valence-corrected chi connectivity index (χ3v) is 3.57. The summed E-state index contributed by atoms with van der Waals surface area (Å²) in [7, 11) is 0. The molecule has 0 aliphatic carbocycles. The maximum atomic E-state index is 5.74. The van der Waals surface area contributed by atoms with Gasteiger partial charge in [0.15, 0.2) is 0 Å². The number of benzene rings is 1. The van der Waals surface area contributed by atoms with E-state index in [0.717, 1.165) is 16.3 Å². The van der Waals surface area contributed by atoms with Gasteiger partial charge in [0.25, 0.3) is 0 Å². The van der Waals surface area contributed by atoms with E-state index in [1.807, 2.05) is 30.5 Å². The van der Waals surface area contributed by atoms with Crippen LogP contribution >= 0.6 is 11.3 Å². The number of nitrogen functional groups attached to an aromatic ring is 1. The Balaban J connectivity index is 2.37. The van der Waals surface area contributed by atoms with Crippen LogP contribution in [0.2, 0.25) is 0 Å². The van der Waals surface area contributed by atoms with Crippen molar-refractivity contribution in [1.29, 1.82) is 0 Å². The molecule has 1 aromatic heterocycles. The van der Waals surface area contributed by atoms with Crippen LogP contribution in [0.5, 0.6) is 0 Å². The molecule has 0 aliphatic rings. The van der Waals surface area contributed by atoms with Crippen LogP contribution in [0.15, 0.2) is 30.5 Å². The molecular weight excluding hydrogens is 204 g/mol. The molecule has 0 radical (unpaired) electrons. The lowest BCUT2D eigenvalue weighted by Gasteiger charge is -1.98. The van der Waals surface area contributed by atoms with E-state index in [0.29, 0.717) is 5.92 Å². The highest BCUT2D eigenvalue weighted by molar-refractivity contribution is 7.15. The van der Waals surface area contributed by atoms with Gasteiger partial charge in [0.2, 0.25) is 0 Å². The third-order valence-electron chi connectivity index (χ3n) is 2.23. The number of nitrogens with two attached hydrogens (primary N) is 1. The smallest absolute Gasteiger partial charge is 0.123 e. The summed E-state index contributed by atoms with van der Waals surface area (Å²) in [6, 6.07) is 7.85. The monoisotopic (exact) mass is 218 g/mol. The van der Waals surface area contributed by atoms with E-state index in [-0.39, 0.29) is 0 Å². The Kier molecular flexibility index (Phi) is 2.73. The summed E-state index contributed by atoms with van der Waals surface area (Å²) < 4.78 is 0. The van der Waals surface area contributed by atoms with Crippen molar-refractivity contribution in [2.24, 2.45) is 0 Å². The van der Waals surface area contributed by atoms with Crippen molar-refractivity contribution >= 4 is 17.0 Å². The molecule has 0 saturated heterocycles. The first-order chi connectivity index (χ1) is 7.16. The van der Waals surface area contributed by atoms with Crippen molar-refractivity contribution in [3.63, 3.8) is 0 Å². The number of thiazole rings is 1. The minimum absolute atomic E-state index is 0.539. The third kappa shape index (κ3) is 2.18. The standard InChI is InChI=1S/C12H14N2S/c1-8(2)11-7-14-12(15-11)9-4-3-5-10(13)6-9/h3-8H,13H2,1-2H3. The molecule has 1 aromatic carbocycles. The van der Waals surface area contributed by atoms with Gasteiger partial charge in [-0.3, -0.25) is 0 Å². The van der Waals surface area contributed by atoms with Crippen molar-refractivity contribution < 1.29 is 0 Å². The van der Waals surface area contributed by atoms with Gasteiger partial charge in [-0.2, -0.15) is 0 Å². The summed E-state index contributed by atoms with van der Waals surface area (Å²) in [6.45, 7) is 4.35. The molecule has 0 unspecified atom stereocenters.